The van der Waals surface area contributed by atoms with Crippen LogP contribution in [-0.2, 0) is 13.5 Å². The monoisotopic (exact) mass is 263 g/mol. The van der Waals surface area contributed by atoms with Gasteiger partial charge in [0.1, 0.15) is 0 Å². The molecule has 0 saturated carbocycles. The molecule has 0 amide bonds. The van der Waals surface area contributed by atoms with Crippen molar-refractivity contribution in [2.45, 2.75) is 57.2 Å². The number of aliphatic hydroxyl groups excluding tert-OH is 1. The van der Waals surface area contributed by atoms with E-state index in [1.165, 1.54) is 12.8 Å². The molecule has 1 N–H and O–H groups in total. The number of hydrogen-bond donors (Lipinski definition) is 1. The molecule has 1 aromatic rings. The zero-order valence-corrected chi connectivity index (χ0v) is 12.2. The van der Waals surface area contributed by atoms with Crippen LogP contribution in [0.1, 0.15) is 37.1 Å². The van der Waals surface area contributed by atoms with Crippen LogP contribution in [0.4, 0.5) is 0 Å². The molecule has 1 aromatic heterocycles. The topological polar surface area (TPSA) is 41.3 Å². The third kappa shape index (κ3) is 2.43. The third-order valence-electron chi connectivity index (χ3n) is 5.20. The first-order valence-electron chi connectivity index (χ1n) is 7.44. The minimum atomic E-state index is -0.216. The summed E-state index contributed by atoms with van der Waals surface area (Å²) in [5.74, 6) is 0.462. The maximum atomic E-state index is 10.6. The van der Waals surface area contributed by atoms with Gasteiger partial charge < -0.3 is 10.0 Å². The Morgan fingerprint density at radius 3 is 2.47 bits per heavy atom. The second-order valence-corrected chi connectivity index (χ2v) is 6.45. The summed E-state index contributed by atoms with van der Waals surface area (Å²) in [6, 6.07) is 3.49. The maximum absolute atomic E-state index is 10.6. The van der Waals surface area contributed by atoms with Crippen molar-refractivity contribution in [2.24, 2.45) is 13.0 Å². The summed E-state index contributed by atoms with van der Waals surface area (Å²) in [5, 5.41) is 14.9. The van der Waals surface area contributed by atoms with Gasteiger partial charge in [0.25, 0.3) is 0 Å². The van der Waals surface area contributed by atoms with Gasteiger partial charge in [-0.1, -0.05) is 0 Å². The largest absolute Gasteiger partial charge is 0.392 e. The van der Waals surface area contributed by atoms with Crippen molar-refractivity contribution in [3.05, 3.63) is 17.5 Å². The molecular weight excluding hydrogens is 238 g/mol. The van der Waals surface area contributed by atoms with Crippen molar-refractivity contribution in [3.63, 3.8) is 0 Å². The summed E-state index contributed by atoms with van der Waals surface area (Å²) < 4.78 is 1.90. The number of aromatic nitrogens is 2. The minimum Gasteiger partial charge on any atom is -0.392 e. The molecule has 0 aliphatic carbocycles. The number of rotatable bonds is 3. The normalized spacial score (nSPS) is 32.7. The first-order valence-corrected chi connectivity index (χ1v) is 7.44. The van der Waals surface area contributed by atoms with E-state index in [2.05, 4.69) is 23.1 Å². The van der Waals surface area contributed by atoms with E-state index in [9.17, 15) is 5.11 Å². The van der Waals surface area contributed by atoms with Crippen LogP contribution in [0.15, 0.2) is 6.07 Å². The molecule has 19 heavy (non-hydrogen) atoms. The molecule has 3 unspecified atom stereocenters. The summed E-state index contributed by atoms with van der Waals surface area (Å²) in [5.41, 5.74) is 2.18. The average Bonchev–Trinajstić information content (AvgIpc) is 2.75. The molecular formula is C15H25N3O. The van der Waals surface area contributed by atoms with E-state index in [4.69, 9.17) is 0 Å². The smallest absolute Gasteiger partial charge is 0.0624 e. The zero-order chi connectivity index (χ0) is 13.6. The van der Waals surface area contributed by atoms with Gasteiger partial charge in [0.05, 0.1) is 11.8 Å². The first-order chi connectivity index (χ1) is 9.04. The highest BCUT2D eigenvalue weighted by molar-refractivity contribution is 5.10. The molecule has 2 saturated heterocycles. The number of piperidine rings is 1. The highest BCUT2D eigenvalue weighted by Gasteiger charge is 2.40. The van der Waals surface area contributed by atoms with Crippen LogP contribution in [0.3, 0.4) is 0 Å². The lowest BCUT2D eigenvalue weighted by Gasteiger charge is -2.38. The van der Waals surface area contributed by atoms with Gasteiger partial charge in [-0.25, -0.2) is 0 Å². The van der Waals surface area contributed by atoms with Crippen molar-refractivity contribution in [1.29, 1.82) is 0 Å². The van der Waals surface area contributed by atoms with Gasteiger partial charge in [-0.15, -0.1) is 0 Å². The van der Waals surface area contributed by atoms with Crippen molar-refractivity contribution in [3.8, 4) is 0 Å². The molecule has 0 radical (unpaired) electrons. The fourth-order valence-corrected chi connectivity index (χ4v) is 4.00. The van der Waals surface area contributed by atoms with Crippen LogP contribution < -0.4 is 0 Å². The van der Waals surface area contributed by atoms with Gasteiger partial charge >= 0.3 is 0 Å². The van der Waals surface area contributed by atoms with Crippen LogP contribution >= 0.6 is 0 Å². The minimum absolute atomic E-state index is 0.216. The van der Waals surface area contributed by atoms with Gasteiger partial charge in [-0.2, -0.15) is 5.10 Å². The van der Waals surface area contributed by atoms with Gasteiger partial charge in [-0.3, -0.25) is 4.68 Å². The molecule has 2 fully saturated rings. The Morgan fingerprint density at radius 1 is 1.32 bits per heavy atom. The Balaban J connectivity index is 1.65. The number of hydrogen-bond acceptors (Lipinski definition) is 3. The molecule has 3 heterocycles. The molecule has 0 spiro atoms. The molecule has 0 aromatic carbocycles. The SMILES string of the molecule is Cc1cc(CC(O)C2CC3CCC(C2)N3C)n(C)n1. The van der Waals surface area contributed by atoms with Gasteiger partial charge in [0.15, 0.2) is 0 Å². The van der Waals surface area contributed by atoms with Crippen LogP contribution in [0.2, 0.25) is 0 Å². The number of fused-ring (bicyclic) bond motifs is 2. The molecule has 2 aliphatic heterocycles. The molecule has 3 atom stereocenters. The van der Waals surface area contributed by atoms with E-state index in [0.29, 0.717) is 18.0 Å². The summed E-state index contributed by atoms with van der Waals surface area (Å²) in [6.45, 7) is 2.01. The third-order valence-corrected chi connectivity index (χ3v) is 5.20. The number of aryl methyl sites for hydroxylation is 2. The Morgan fingerprint density at radius 2 is 1.95 bits per heavy atom. The number of aliphatic hydroxyl groups is 1. The molecule has 3 rings (SSSR count). The summed E-state index contributed by atoms with van der Waals surface area (Å²) in [4.78, 5) is 2.53. The second-order valence-electron chi connectivity index (χ2n) is 6.45. The molecule has 2 aliphatic rings. The van der Waals surface area contributed by atoms with Crippen LogP contribution in [0.5, 0.6) is 0 Å². The van der Waals surface area contributed by atoms with Crippen molar-refractivity contribution >= 4 is 0 Å². The Hall–Kier alpha value is -0.870. The fraction of sp³-hybridized carbons (Fsp3) is 0.800. The highest BCUT2D eigenvalue weighted by Crippen LogP contribution is 2.39. The number of nitrogens with zero attached hydrogens (tertiary/aromatic N) is 3. The molecule has 4 nitrogen and oxygen atoms in total. The van der Waals surface area contributed by atoms with E-state index in [0.717, 1.165) is 30.7 Å². The van der Waals surface area contributed by atoms with Crippen LogP contribution in [0.25, 0.3) is 0 Å². The zero-order valence-electron chi connectivity index (χ0n) is 12.2. The lowest BCUT2D eigenvalue weighted by atomic mass is 9.85. The van der Waals surface area contributed by atoms with Crippen molar-refractivity contribution in [1.82, 2.24) is 14.7 Å². The van der Waals surface area contributed by atoms with Crippen LogP contribution in [-0.4, -0.2) is 45.0 Å². The summed E-state index contributed by atoms with van der Waals surface area (Å²) >= 11 is 0. The lowest BCUT2D eigenvalue weighted by molar-refractivity contribution is 0.0358. The lowest BCUT2D eigenvalue weighted by Crippen LogP contribution is -2.43. The average molecular weight is 263 g/mol. The van der Waals surface area contributed by atoms with E-state index in [1.54, 1.807) is 0 Å². The fourth-order valence-electron chi connectivity index (χ4n) is 4.00. The van der Waals surface area contributed by atoms with Gasteiger partial charge in [0, 0.05) is 31.2 Å². The standard InChI is InChI=1S/C15H25N3O/c1-10-6-14(18(3)16-10)9-15(19)11-7-12-4-5-13(8-11)17(12)2/h6,11-13,15,19H,4-5,7-9H2,1-3H3. The summed E-state index contributed by atoms with van der Waals surface area (Å²) in [7, 11) is 4.21. The van der Waals surface area contributed by atoms with Crippen molar-refractivity contribution < 1.29 is 5.11 Å². The Kier molecular flexibility index (Phi) is 3.39. The van der Waals surface area contributed by atoms with E-state index in [-0.39, 0.29) is 6.10 Å². The quantitative estimate of drug-likeness (QED) is 0.898. The first kappa shape index (κ1) is 13.1. The van der Waals surface area contributed by atoms with E-state index >= 15 is 0 Å². The van der Waals surface area contributed by atoms with Crippen molar-refractivity contribution in [2.75, 3.05) is 7.05 Å². The van der Waals surface area contributed by atoms with E-state index < -0.39 is 0 Å². The molecule has 4 heteroatoms. The molecule has 2 bridgehead atoms. The Bertz CT molecular complexity index is 442. The molecule has 106 valence electrons. The predicted molar refractivity (Wildman–Crippen MR) is 75.0 cm³/mol. The maximum Gasteiger partial charge on any atom is 0.0624 e. The second kappa shape index (κ2) is 4.91. The van der Waals surface area contributed by atoms with Gasteiger partial charge in [0.2, 0.25) is 0 Å². The Labute approximate surface area is 115 Å². The van der Waals surface area contributed by atoms with Gasteiger partial charge in [-0.05, 0) is 51.6 Å². The predicted octanol–water partition coefficient (Wildman–Crippen LogP) is 1.50. The summed E-state index contributed by atoms with van der Waals surface area (Å²) in [6.07, 6.45) is 5.47. The van der Waals surface area contributed by atoms with Crippen LogP contribution in [0, 0.1) is 12.8 Å². The highest BCUT2D eigenvalue weighted by atomic mass is 16.3. The van der Waals surface area contributed by atoms with E-state index in [1.807, 2.05) is 18.7 Å².